The summed E-state index contributed by atoms with van der Waals surface area (Å²) in [6, 6.07) is 1.35. The minimum absolute atomic E-state index is 0.0187. The van der Waals surface area contributed by atoms with E-state index in [0.717, 1.165) is 0 Å². The van der Waals surface area contributed by atoms with Crippen LogP contribution >= 0.6 is 0 Å². The summed E-state index contributed by atoms with van der Waals surface area (Å²) in [5.41, 5.74) is 0.457. The lowest BCUT2D eigenvalue weighted by Gasteiger charge is -2.20. The highest BCUT2D eigenvalue weighted by atomic mass is 16.6. The molecule has 0 fully saturated rings. The zero-order valence-corrected chi connectivity index (χ0v) is 10.5. The third-order valence-corrected chi connectivity index (χ3v) is 2.62. The van der Waals surface area contributed by atoms with Crippen molar-refractivity contribution >= 4 is 17.5 Å². The number of aromatic nitrogens is 1. The van der Waals surface area contributed by atoms with Crippen molar-refractivity contribution in [2.75, 3.05) is 18.5 Å². The largest absolute Gasteiger partial charge is 0.481 e. The van der Waals surface area contributed by atoms with E-state index in [1.165, 1.54) is 12.3 Å². The van der Waals surface area contributed by atoms with Crippen LogP contribution in [0.2, 0.25) is 0 Å². The van der Waals surface area contributed by atoms with Gasteiger partial charge in [0, 0.05) is 25.4 Å². The number of anilines is 1. The van der Waals surface area contributed by atoms with Crippen molar-refractivity contribution in [2.24, 2.45) is 5.92 Å². The summed E-state index contributed by atoms with van der Waals surface area (Å²) in [6.07, 6.45) is 1.41. The first-order valence-corrected chi connectivity index (χ1v) is 5.38. The number of carboxylic acid groups (broad SMARTS) is 1. The molecular weight excluding hydrogens is 238 g/mol. The van der Waals surface area contributed by atoms with Crippen LogP contribution in [-0.4, -0.2) is 34.6 Å². The van der Waals surface area contributed by atoms with Gasteiger partial charge in [0.25, 0.3) is 5.69 Å². The monoisotopic (exact) mass is 253 g/mol. The number of hydrogen-bond donors (Lipinski definition) is 1. The summed E-state index contributed by atoms with van der Waals surface area (Å²) in [5, 5.41) is 19.6. The molecule has 0 aliphatic rings. The lowest BCUT2D eigenvalue weighted by Crippen LogP contribution is -2.29. The number of carboxylic acids is 1. The van der Waals surface area contributed by atoms with Crippen LogP contribution in [0.3, 0.4) is 0 Å². The molecule has 18 heavy (non-hydrogen) atoms. The molecule has 0 radical (unpaired) electrons. The highest BCUT2D eigenvalue weighted by Gasteiger charge is 2.18. The molecule has 98 valence electrons. The molecule has 0 spiro atoms. The Hall–Kier alpha value is -2.18. The van der Waals surface area contributed by atoms with Crippen molar-refractivity contribution in [3.05, 3.63) is 27.9 Å². The lowest BCUT2D eigenvalue weighted by molar-refractivity contribution is -0.385. The Morgan fingerprint density at radius 1 is 1.67 bits per heavy atom. The van der Waals surface area contributed by atoms with Gasteiger partial charge in [0.1, 0.15) is 5.82 Å². The first-order chi connectivity index (χ1) is 8.32. The molecular formula is C11H15N3O4. The molecule has 0 aromatic carbocycles. The molecule has 1 N–H and O–H groups in total. The zero-order chi connectivity index (χ0) is 13.9. The minimum Gasteiger partial charge on any atom is -0.481 e. The van der Waals surface area contributed by atoms with Crippen molar-refractivity contribution < 1.29 is 14.8 Å². The van der Waals surface area contributed by atoms with E-state index in [1.54, 1.807) is 25.8 Å². The van der Waals surface area contributed by atoms with Crippen molar-refractivity contribution in [1.82, 2.24) is 4.98 Å². The first-order valence-electron chi connectivity index (χ1n) is 5.38. The van der Waals surface area contributed by atoms with Crippen LogP contribution < -0.4 is 4.90 Å². The fraction of sp³-hybridized carbons (Fsp3) is 0.455. The lowest BCUT2D eigenvalue weighted by atomic mass is 10.1. The average Bonchev–Trinajstić information content (AvgIpc) is 2.28. The fourth-order valence-corrected chi connectivity index (χ4v) is 1.49. The van der Waals surface area contributed by atoms with Crippen molar-refractivity contribution in [3.63, 3.8) is 0 Å². The maximum absolute atomic E-state index is 10.8. The van der Waals surface area contributed by atoms with Crippen LogP contribution in [0.15, 0.2) is 12.3 Å². The van der Waals surface area contributed by atoms with Crippen molar-refractivity contribution in [2.45, 2.75) is 13.8 Å². The van der Waals surface area contributed by atoms with Gasteiger partial charge >= 0.3 is 5.97 Å². The Kier molecular flexibility index (Phi) is 4.19. The molecule has 7 nitrogen and oxygen atoms in total. The number of hydrogen-bond acceptors (Lipinski definition) is 5. The van der Waals surface area contributed by atoms with Gasteiger partial charge in [-0.1, -0.05) is 6.92 Å². The van der Waals surface area contributed by atoms with Gasteiger partial charge in [0.15, 0.2) is 0 Å². The van der Waals surface area contributed by atoms with Crippen LogP contribution in [0.25, 0.3) is 0 Å². The quantitative estimate of drug-likeness (QED) is 0.630. The second kappa shape index (κ2) is 5.44. The number of aryl methyl sites for hydroxylation is 1. The molecule has 1 rings (SSSR count). The van der Waals surface area contributed by atoms with E-state index < -0.39 is 16.8 Å². The number of carbonyl (C=O) groups is 1. The van der Waals surface area contributed by atoms with Gasteiger partial charge in [-0.05, 0) is 6.92 Å². The van der Waals surface area contributed by atoms with Crippen molar-refractivity contribution in [3.8, 4) is 0 Å². The molecule has 0 saturated heterocycles. The van der Waals surface area contributed by atoms with E-state index in [2.05, 4.69) is 4.98 Å². The summed E-state index contributed by atoms with van der Waals surface area (Å²) in [7, 11) is 1.65. The standard InChI is InChI=1S/C11H15N3O4/c1-7-5-12-10(4-9(7)14(17)18)13(3)6-8(2)11(15)16/h4-5,8H,6H2,1-3H3,(H,15,16). The van der Waals surface area contributed by atoms with Gasteiger partial charge in [-0.3, -0.25) is 14.9 Å². The zero-order valence-electron chi connectivity index (χ0n) is 10.5. The number of pyridine rings is 1. The number of nitro groups is 1. The van der Waals surface area contributed by atoms with Gasteiger partial charge < -0.3 is 10.0 Å². The summed E-state index contributed by atoms with van der Waals surface area (Å²) < 4.78 is 0. The van der Waals surface area contributed by atoms with Crippen LogP contribution in [0, 0.1) is 23.0 Å². The molecule has 0 bridgehead atoms. The summed E-state index contributed by atoms with van der Waals surface area (Å²) in [6.45, 7) is 3.42. The SMILES string of the molecule is Cc1cnc(N(C)CC(C)C(=O)O)cc1[N+](=O)[O-]. The Balaban J connectivity index is 2.93. The van der Waals surface area contributed by atoms with Gasteiger partial charge in [-0.15, -0.1) is 0 Å². The Morgan fingerprint density at radius 3 is 2.78 bits per heavy atom. The summed E-state index contributed by atoms with van der Waals surface area (Å²) in [5.74, 6) is -1.10. The highest BCUT2D eigenvalue weighted by Crippen LogP contribution is 2.22. The third kappa shape index (κ3) is 3.16. The third-order valence-electron chi connectivity index (χ3n) is 2.62. The fourth-order valence-electron chi connectivity index (χ4n) is 1.49. The summed E-state index contributed by atoms with van der Waals surface area (Å²) >= 11 is 0. The van der Waals surface area contributed by atoms with Gasteiger partial charge in [0.2, 0.25) is 0 Å². The topological polar surface area (TPSA) is 96.6 Å². The normalized spacial score (nSPS) is 11.9. The molecule has 0 aliphatic heterocycles. The molecule has 0 amide bonds. The maximum Gasteiger partial charge on any atom is 0.308 e. The van der Waals surface area contributed by atoms with Crippen LogP contribution in [0.4, 0.5) is 11.5 Å². The Morgan fingerprint density at radius 2 is 2.28 bits per heavy atom. The highest BCUT2D eigenvalue weighted by molar-refractivity contribution is 5.70. The van der Waals surface area contributed by atoms with Gasteiger partial charge in [-0.2, -0.15) is 0 Å². The molecule has 7 heteroatoms. The predicted octanol–water partition coefficient (Wildman–Crippen LogP) is 1.46. The minimum atomic E-state index is -0.913. The van der Waals surface area contributed by atoms with E-state index in [4.69, 9.17) is 5.11 Å². The number of aliphatic carboxylic acids is 1. The predicted molar refractivity (Wildman–Crippen MR) is 65.7 cm³/mol. The van der Waals surface area contributed by atoms with E-state index in [9.17, 15) is 14.9 Å². The second-order valence-electron chi connectivity index (χ2n) is 4.21. The van der Waals surface area contributed by atoms with E-state index in [0.29, 0.717) is 11.4 Å². The molecule has 1 heterocycles. The van der Waals surface area contributed by atoms with E-state index in [-0.39, 0.29) is 12.2 Å². The maximum atomic E-state index is 10.8. The Bertz CT molecular complexity index is 475. The van der Waals surface area contributed by atoms with E-state index >= 15 is 0 Å². The number of nitrogens with zero attached hydrogens (tertiary/aromatic N) is 3. The Labute approximate surface area is 104 Å². The summed E-state index contributed by atoms with van der Waals surface area (Å²) in [4.78, 5) is 26.7. The smallest absolute Gasteiger partial charge is 0.308 e. The van der Waals surface area contributed by atoms with E-state index in [1.807, 2.05) is 0 Å². The van der Waals surface area contributed by atoms with Crippen LogP contribution in [0.5, 0.6) is 0 Å². The second-order valence-corrected chi connectivity index (χ2v) is 4.21. The average molecular weight is 253 g/mol. The van der Waals surface area contributed by atoms with Gasteiger partial charge in [0.05, 0.1) is 16.9 Å². The molecule has 1 unspecified atom stereocenters. The molecule has 1 aromatic heterocycles. The van der Waals surface area contributed by atoms with Crippen LogP contribution in [0.1, 0.15) is 12.5 Å². The van der Waals surface area contributed by atoms with Crippen LogP contribution in [-0.2, 0) is 4.79 Å². The molecule has 1 aromatic rings. The molecule has 1 atom stereocenters. The number of rotatable bonds is 5. The molecule has 0 aliphatic carbocycles. The van der Waals surface area contributed by atoms with Gasteiger partial charge in [-0.25, -0.2) is 4.98 Å². The molecule has 0 saturated carbocycles. The van der Waals surface area contributed by atoms with Crippen molar-refractivity contribution in [1.29, 1.82) is 0 Å². The first kappa shape index (κ1) is 13.9.